The van der Waals surface area contributed by atoms with Crippen molar-refractivity contribution < 1.29 is 9.84 Å². The predicted octanol–water partition coefficient (Wildman–Crippen LogP) is 2.93. The van der Waals surface area contributed by atoms with Crippen LogP contribution in [0.3, 0.4) is 0 Å². The standard InChI is InChI=1S/C13H15NO2S/c1-8-4-9(2)13(16-3)10(5-8)11-7-17-12(6-15)14-11/h4-5,7,15H,6H2,1-3H3. The highest BCUT2D eigenvalue weighted by Gasteiger charge is 2.12. The fourth-order valence-electron chi connectivity index (χ4n) is 1.92. The average molecular weight is 249 g/mol. The number of ether oxygens (including phenoxy) is 1. The summed E-state index contributed by atoms with van der Waals surface area (Å²) < 4.78 is 5.43. The van der Waals surface area contributed by atoms with Crippen molar-refractivity contribution >= 4 is 11.3 Å². The summed E-state index contributed by atoms with van der Waals surface area (Å²) in [6.45, 7) is 4.06. The Balaban J connectivity index is 2.57. The molecule has 1 heterocycles. The number of aromatic nitrogens is 1. The summed E-state index contributed by atoms with van der Waals surface area (Å²) in [5, 5.41) is 11.7. The Morgan fingerprint density at radius 2 is 2.12 bits per heavy atom. The van der Waals surface area contributed by atoms with Crippen LogP contribution < -0.4 is 4.74 Å². The molecule has 2 rings (SSSR count). The highest BCUT2D eigenvalue weighted by Crippen LogP contribution is 2.34. The zero-order valence-corrected chi connectivity index (χ0v) is 11.0. The highest BCUT2D eigenvalue weighted by atomic mass is 32.1. The first-order valence-electron chi connectivity index (χ1n) is 5.36. The van der Waals surface area contributed by atoms with E-state index in [1.165, 1.54) is 16.9 Å². The molecule has 90 valence electrons. The van der Waals surface area contributed by atoms with Gasteiger partial charge < -0.3 is 9.84 Å². The summed E-state index contributed by atoms with van der Waals surface area (Å²) in [6, 6.07) is 4.14. The minimum Gasteiger partial charge on any atom is -0.496 e. The normalized spacial score (nSPS) is 10.6. The molecular weight excluding hydrogens is 234 g/mol. The molecule has 0 unspecified atom stereocenters. The van der Waals surface area contributed by atoms with Gasteiger partial charge in [-0.2, -0.15) is 0 Å². The highest BCUT2D eigenvalue weighted by molar-refractivity contribution is 7.09. The Morgan fingerprint density at radius 3 is 2.71 bits per heavy atom. The van der Waals surface area contributed by atoms with E-state index in [-0.39, 0.29) is 6.61 Å². The van der Waals surface area contributed by atoms with E-state index in [2.05, 4.69) is 24.0 Å². The van der Waals surface area contributed by atoms with Gasteiger partial charge in [-0.1, -0.05) is 6.07 Å². The van der Waals surface area contributed by atoms with E-state index in [1.807, 2.05) is 12.3 Å². The first kappa shape index (κ1) is 12.1. The molecule has 0 fully saturated rings. The Hall–Kier alpha value is -1.39. The van der Waals surface area contributed by atoms with Crippen molar-refractivity contribution in [2.24, 2.45) is 0 Å². The van der Waals surface area contributed by atoms with Crippen LogP contribution in [0.25, 0.3) is 11.3 Å². The van der Waals surface area contributed by atoms with Gasteiger partial charge in [-0.05, 0) is 31.0 Å². The van der Waals surface area contributed by atoms with Crippen molar-refractivity contribution in [3.63, 3.8) is 0 Å². The van der Waals surface area contributed by atoms with Crippen LogP contribution in [-0.2, 0) is 6.61 Å². The second kappa shape index (κ2) is 4.85. The lowest BCUT2D eigenvalue weighted by molar-refractivity contribution is 0.281. The summed E-state index contributed by atoms with van der Waals surface area (Å²) in [7, 11) is 1.67. The fraction of sp³-hybridized carbons (Fsp3) is 0.308. The molecule has 0 saturated heterocycles. The third-order valence-electron chi connectivity index (χ3n) is 2.59. The predicted molar refractivity (Wildman–Crippen MR) is 69.5 cm³/mol. The summed E-state index contributed by atoms with van der Waals surface area (Å²) >= 11 is 1.46. The molecule has 0 radical (unpaired) electrons. The third-order valence-corrected chi connectivity index (χ3v) is 3.42. The summed E-state index contributed by atoms with van der Waals surface area (Å²) in [6.07, 6.45) is 0. The molecule has 17 heavy (non-hydrogen) atoms. The van der Waals surface area contributed by atoms with Crippen LogP contribution in [0.1, 0.15) is 16.1 Å². The summed E-state index contributed by atoms with van der Waals surface area (Å²) in [4.78, 5) is 4.38. The molecule has 2 aromatic rings. The van der Waals surface area contributed by atoms with Crippen LogP contribution >= 0.6 is 11.3 Å². The molecular formula is C13H15NO2S. The minimum atomic E-state index is -0.0161. The van der Waals surface area contributed by atoms with Crippen LogP contribution in [0.2, 0.25) is 0 Å². The number of benzene rings is 1. The van der Waals surface area contributed by atoms with Crippen LogP contribution in [0, 0.1) is 13.8 Å². The number of methoxy groups -OCH3 is 1. The minimum absolute atomic E-state index is 0.0161. The molecule has 0 aliphatic carbocycles. The van der Waals surface area contributed by atoms with E-state index in [1.54, 1.807) is 7.11 Å². The number of thiazole rings is 1. The molecule has 0 spiro atoms. The van der Waals surface area contributed by atoms with Gasteiger partial charge in [0.1, 0.15) is 10.8 Å². The van der Waals surface area contributed by atoms with Gasteiger partial charge in [0.25, 0.3) is 0 Å². The van der Waals surface area contributed by atoms with Gasteiger partial charge in [0.2, 0.25) is 0 Å². The first-order valence-corrected chi connectivity index (χ1v) is 6.24. The van der Waals surface area contributed by atoms with Crippen molar-refractivity contribution in [2.45, 2.75) is 20.5 Å². The van der Waals surface area contributed by atoms with Crippen molar-refractivity contribution in [2.75, 3.05) is 7.11 Å². The molecule has 0 bridgehead atoms. The SMILES string of the molecule is COc1c(C)cc(C)cc1-c1csc(CO)n1. The molecule has 3 nitrogen and oxygen atoms in total. The Kier molecular flexibility index (Phi) is 3.45. The molecule has 0 amide bonds. The maximum atomic E-state index is 9.05. The smallest absolute Gasteiger partial charge is 0.131 e. The number of nitrogens with zero attached hydrogens (tertiary/aromatic N) is 1. The average Bonchev–Trinajstić information content (AvgIpc) is 2.76. The zero-order valence-electron chi connectivity index (χ0n) is 10.2. The van der Waals surface area contributed by atoms with Gasteiger partial charge in [-0.25, -0.2) is 4.98 Å². The van der Waals surface area contributed by atoms with Crippen molar-refractivity contribution in [1.82, 2.24) is 4.98 Å². The number of hydrogen-bond acceptors (Lipinski definition) is 4. The van der Waals surface area contributed by atoms with E-state index >= 15 is 0 Å². The van der Waals surface area contributed by atoms with E-state index in [4.69, 9.17) is 9.84 Å². The molecule has 0 aliphatic rings. The number of aliphatic hydroxyl groups excluding tert-OH is 1. The lowest BCUT2D eigenvalue weighted by atomic mass is 10.0. The van der Waals surface area contributed by atoms with Crippen LogP contribution in [0.5, 0.6) is 5.75 Å². The topological polar surface area (TPSA) is 42.4 Å². The molecule has 4 heteroatoms. The maximum Gasteiger partial charge on any atom is 0.131 e. The van der Waals surface area contributed by atoms with E-state index in [0.717, 1.165) is 27.6 Å². The molecule has 1 N–H and O–H groups in total. The Bertz CT molecular complexity index is 534. The monoisotopic (exact) mass is 249 g/mol. The first-order chi connectivity index (χ1) is 8.15. The van der Waals surface area contributed by atoms with E-state index in [9.17, 15) is 0 Å². The van der Waals surface area contributed by atoms with Crippen LogP contribution in [0.15, 0.2) is 17.5 Å². The summed E-state index contributed by atoms with van der Waals surface area (Å²) in [5.74, 6) is 0.852. The van der Waals surface area contributed by atoms with E-state index < -0.39 is 0 Å². The number of hydrogen-bond donors (Lipinski definition) is 1. The van der Waals surface area contributed by atoms with Gasteiger partial charge in [0.15, 0.2) is 0 Å². The summed E-state index contributed by atoms with van der Waals surface area (Å²) in [5.41, 5.74) is 4.13. The van der Waals surface area contributed by atoms with E-state index in [0.29, 0.717) is 0 Å². The number of aryl methyl sites for hydroxylation is 2. The van der Waals surface area contributed by atoms with Gasteiger partial charge in [0, 0.05) is 10.9 Å². The van der Waals surface area contributed by atoms with Gasteiger partial charge in [0.05, 0.1) is 19.4 Å². The fourth-order valence-corrected chi connectivity index (χ4v) is 2.58. The van der Waals surface area contributed by atoms with Crippen molar-refractivity contribution in [1.29, 1.82) is 0 Å². The van der Waals surface area contributed by atoms with Gasteiger partial charge >= 0.3 is 0 Å². The van der Waals surface area contributed by atoms with Gasteiger partial charge in [-0.3, -0.25) is 0 Å². The lowest BCUT2D eigenvalue weighted by Crippen LogP contribution is -1.93. The largest absolute Gasteiger partial charge is 0.496 e. The number of rotatable bonds is 3. The molecule has 0 atom stereocenters. The van der Waals surface area contributed by atoms with Gasteiger partial charge in [-0.15, -0.1) is 11.3 Å². The Morgan fingerprint density at radius 1 is 1.35 bits per heavy atom. The molecule has 0 saturated carbocycles. The van der Waals surface area contributed by atoms with Crippen LogP contribution in [0.4, 0.5) is 0 Å². The quantitative estimate of drug-likeness (QED) is 0.909. The van der Waals surface area contributed by atoms with Crippen molar-refractivity contribution in [3.05, 3.63) is 33.6 Å². The Labute approximate surface area is 105 Å². The molecule has 1 aromatic carbocycles. The second-order valence-corrected chi connectivity index (χ2v) is 4.89. The second-order valence-electron chi connectivity index (χ2n) is 3.95. The van der Waals surface area contributed by atoms with Crippen LogP contribution in [-0.4, -0.2) is 17.2 Å². The maximum absolute atomic E-state index is 9.05. The zero-order chi connectivity index (χ0) is 12.4. The number of aliphatic hydroxyl groups is 1. The third kappa shape index (κ3) is 2.33. The van der Waals surface area contributed by atoms with Crippen molar-refractivity contribution in [3.8, 4) is 17.0 Å². The lowest BCUT2D eigenvalue weighted by Gasteiger charge is -2.11. The molecule has 1 aromatic heterocycles. The molecule has 0 aliphatic heterocycles.